The van der Waals surface area contributed by atoms with Crippen LogP contribution in [0.3, 0.4) is 0 Å². The lowest BCUT2D eigenvalue weighted by Crippen LogP contribution is -2.30. The molecule has 0 saturated carbocycles. The first-order valence-electron chi connectivity index (χ1n) is 5.30. The summed E-state index contributed by atoms with van der Waals surface area (Å²) in [5.74, 6) is -0.939. The summed E-state index contributed by atoms with van der Waals surface area (Å²) in [6.07, 6.45) is 1.76. The quantitative estimate of drug-likeness (QED) is 0.647. The molecular weight excluding hydrogens is 178 g/mol. The van der Waals surface area contributed by atoms with Crippen LogP contribution in [-0.4, -0.2) is 24.2 Å². The van der Waals surface area contributed by atoms with Gasteiger partial charge in [-0.2, -0.15) is 0 Å². The number of carboxylic acid groups (broad SMARTS) is 1. The molecule has 0 aliphatic heterocycles. The molecule has 0 spiro atoms. The Morgan fingerprint density at radius 3 is 2.36 bits per heavy atom. The molecule has 0 aliphatic rings. The van der Waals surface area contributed by atoms with E-state index in [1.807, 2.05) is 6.92 Å². The average Bonchev–Trinajstić information content (AvgIpc) is 2.01. The number of nitrogens with one attached hydrogen (secondary N) is 1. The van der Waals surface area contributed by atoms with Crippen LogP contribution >= 0.6 is 0 Å². The van der Waals surface area contributed by atoms with E-state index >= 15 is 0 Å². The Morgan fingerprint density at radius 2 is 2.00 bits per heavy atom. The summed E-state index contributed by atoms with van der Waals surface area (Å²) in [6, 6.07) is 0. The van der Waals surface area contributed by atoms with Crippen molar-refractivity contribution in [3.8, 4) is 0 Å². The van der Waals surface area contributed by atoms with Gasteiger partial charge in [0.05, 0.1) is 5.92 Å². The maximum atomic E-state index is 10.7. The van der Waals surface area contributed by atoms with E-state index in [0.29, 0.717) is 18.4 Å². The molecule has 0 aromatic rings. The Kier molecular flexibility index (Phi) is 5.77. The summed E-state index contributed by atoms with van der Waals surface area (Å²) in [6.45, 7) is 9.94. The summed E-state index contributed by atoms with van der Waals surface area (Å²) in [4.78, 5) is 10.7. The molecular formula is C11H23NO2. The van der Waals surface area contributed by atoms with Gasteiger partial charge in [0.2, 0.25) is 0 Å². The molecule has 0 saturated heterocycles. The molecule has 0 heterocycles. The molecule has 84 valence electrons. The summed E-state index contributed by atoms with van der Waals surface area (Å²) in [5.41, 5.74) is 0.317. The normalized spacial score (nSPS) is 14.0. The Morgan fingerprint density at radius 1 is 1.43 bits per heavy atom. The average molecular weight is 201 g/mol. The van der Waals surface area contributed by atoms with Crippen molar-refractivity contribution in [1.82, 2.24) is 5.32 Å². The van der Waals surface area contributed by atoms with Gasteiger partial charge in [0.15, 0.2) is 0 Å². The highest BCUT2D eigenvalue weighted by Crippen LogP contribution is 2.16. The molecule has 14 heavy (non-hydrogen) atoms. The fraction of sp³-hybridized carbons (Fsp3) is 0.909. The smallest absolute Gasteiger partial charge is 0.307 e. The van der Waals surface area contributed by atoms with Gasteiger partial charge in [0.1, 0.15) is 0 Å². The molecule has 2 N–H and O–H groups in total. The third kappa shape index (κ3) is 6.89. The van der Waals surface area contributed by atoms with Crippen molar-refractivity contribution in [2.75, 3.05) is 13.1 Å². The predicted molar refractivity (Wildman–Crippen MR) is 58.4 cm³/mol. The molecule has 0 aliphatic carbocycles. The second kappa shape index (κ2) is 6.02. The van der Waals surface area contributed by atoms with Gasteiger partial charge >= 0.3 is 5.97 Å². The minimum Gasteiger partial charge on any atom is -0.481 e. The van der Waals surface area contributed by atoms with Gasteiger partial charge < -0.3 is 10.4 Å². The lowest BCUT2D eigenvalue weighted by molar-refractivity contribution is -0.141. The van der Waals surface area contributed by atoms with Crippen LogP contribution in [0, 0.1) is 11.3 Å². The monoisotopic (exact) mass is 201 g/mol. The van der Waals surface area contributed by atoms with Crippen LogP contribution in [0.25, 0.3) is 0 Å². The number of hydrogen-bond acceptors (Lipinski definition) is 2. The van der Waals surface area contributed by atoms with Crippen LogP contribution in [0.2, 0.25) is 0 Å². The van der Waals surface area contributed by atoms with E-state index in [9.17, 15) is 4.79 Å². The van der Waals surface area contributed by atoms with Gasteiger partial charge in [0.25, 0.3) is 0 Å². The maximum absolute atomic E-state index is 10.7. The molecule has 3 heteroatoms. The highest BCUT2D eigenvalue weighted by molar-refractivity contribution is 5.70. The van der Waals surface area contributed by atoms with E-state index < -0.39 is 5.97 Å². The van der Waals surface area contributed by atoms with E-state index in [4.69, 9.17) is 5.11 Å². The van der Waals surface area contributed by atoms with Gasteiger partial charge in [-0.1, -0.05) is 27.7 Å². The standard InChI is InChI=1S/C11H23NO2/c1-5-9(10(13)14)8-12-7-6-11(2,3)4/h9,12H,5-8H2,1-4H3,(H,13,14). The van der Waals surface area contributed by atoms with E-state index in [2.05, 4.69) is 26.1 Å². The Bertz CT molecular complexity index is 173. The molecule has 3 nitrogen and oxygen atoms in total. The van der Waals surface area contributed by atoms with Crippen LogP contribution in [-0.2, 0) is 4.79 Å². The summed E-state index contributed by atoms with van der Waals surface area (Å²) >= 11 is 0. The maximum Gasteiger partial charge on any atom is 0.307 e. The molecule has 0 aromatic heterocycles. The zero-order chi connectivity index (χ0) is 11.2. The van der Waals surface area contributed by atoms with Gasteiger partial charge in [-0.05, 0) is 24.8 Å². The van der Waals surface area contributed by atoms with Gasteiger partial charge in [-0.15, -0.1) is 0 Å². The van der Waals surface area contributed by atoms with Crippen LogP contribution in [0.1, 0.15) is 40.5 Å². The number of carboxylic acids is 1. The molecule has 1 atom stereocenters. The third-order valence-electron chi connectivity index (χ3n) is 2.28. The Balaban J connectivity index is 3.58. The van der Waals surface area contributed by atoms with E-state index in [0.717, 1.165) is 13.0 Å². The van der Waals surface area contributed by atoms with Gasteiger partial charge in [-0.3, -0.25) is 4.79 Å². The number of carbonyl (C=O) groups is 1. The predicted octanol–water partition coefficient (Wildman–Crippen LogP) is 2.12. The minimum atomic E-state index is -0.698. The zero-order valence-electron chi connectivity index (χ0n) is 9.76. The van der Waals surface area contributed by atoms with Crippen molar-refractivity contribution < 1.29 is 9.90 Å². The van der Waals surface area contributed by atoms with Crippen molar-refractivity contribution in [2.45, 2.75) is 40.5 Å². The number of aliphatic carboxylic acids is 1. The van der Waals surface area contributed by atoms with Crippen molar-refractivity contribution in [1.29, 1.82) is 0 Å². The molecule has 0 aromatic carbocycles. The van der Waals surface area contributed by atoms with Crippen LogP contribution < -0.4 is 5.32 Å². The van der Waals surface area contributed by atoms with Gasteiger partial charge in [-0.25, -0.2) is 0 Å². The van der Waals surface area contributed by atoms with Crippen molar-refractivity contribution in [3.63, 3.8) is 0 Å². The lowest BCUT2D eigenvalue weighted by Gasteiger charge is -2.19. The lowest BCUT2D eigenvalue weighted by atomic mass is 9.92. The largest absolute Gasteiger partial charge is 0.481 e. The SMILES string of the molecule is CCC(CNCCC(C)(C)C)C(=O)O. The zero-order valence-corrected chi connectivity index (χ0v) is 9.76. The van der Waals surface area contributed by atoms with Crippen LogP contribution in [0.15, 0.2) is 0 Å². The first-order valence-corrected chi connectivity index (χ1v) is 5.30. The fourth-order valence-corrected chi connectivity index (χ4v) is 1.15. The van der Waals surface area contributed by atoms with Crippen molar-refractivity contribution in [3.05, 3.63) is 0 Å². The molecule has 0 bridgehead atoms. The number of hydrogen-bond donors (Lipinski definition) is 2. The summed E-state index contributed by atoms with van der Waals surface area (Å²) in [5, 5.41) is 12.0. The molecule has 0 radical (unpaired) electrons. The topological polar surface area (TPSA) is 49.3 Å². The van der Waals surface area contributed by atoms with Crippen LogP contribution in [0.5, 0.6) is 0 Å². The molecule has 0 fully saturated rings. The van der Waals surface area contributed by atoms with E-state index in [1.165, 1.54) is 0 Å². The Labute approximate surface area is 86.9 Å². The van der Waals surface area contributed by atoms with Crippen molar-refractivity contribution >= 4 is 5.97 Å². The minimum absolute atomic E-state index is 0.241. The fourth-order valence-electron chi connectivity index (χ4n) is 1.15. The number of rotatable bonds is 6. The first kappa shape index (κ1) is 13.4. The highest BCUT2D eigenvalue weighted by atomic mass is 16.4. The second-order valence-corrected chi connectivity index (χ2v) is 4.96. The van der Waals surface area contributed by atoms with E-state index in [1.54, 1.807) is 0 Å². The van der Waals surface area contributed by atoms with Crippen LogP contribution in [0.4, 0.5) is 0 Å². The molecule has 1 unspecified atom stereocenters. The third-order valence-corrected chi connectivity index (χ3v) is 2.28. The van der Waals surface area contributed by atoms with E-state index in [-0.39, 0.29) is 5.92 Å². The van der Waals surface area contributed by atoms with Gasteiger partial charge in [0, 0.05) is 6.54 Å². The van der Waals surface area contributed by atoms with Crippen molar-refractivity contribution in [2.24, 2.45) is 11.3 Å². The second-order valence-electron chi connectivity index (χ2n) is 4.96. The molecule has 0 rings (SSSR count). The molecule has 0 amide bonds. The first-order chi connectivity index (χ1) is 6.37. The summed E-state index contributed by atoms with van der Waals surface area (Å²) < 4.78 is 0. The summed E-state index contributed by atoms with van der Waals surface area (Å²) in [7, 11) is 0. The Hall–Kier alpha value is -0.570. The highest BCUT2D eigenvalue weighted by Gasteiger charge is 2.14.